The minimum absolute atomic E-state index is 0.0203. The summed E-state index contributed by atoms with van der Waals surface area (Å²) in [6, 6.07) is 13.5. The first-order valence-electron chi connectivity index (χ1n) is 9.82. The molecule has 0 radical (unpaired) electrons. The summed E-state index contributed by atoms with van der Waals surface area (Å²) < 4.78 is 44.0. The second-order valence-electron chi connectivity index (χ2n) is 7.80. The van der Waals surface area contributed by atoms with E-state index in [9.17, 15) is 8.42 Å². The van der Waals surface area contributed by atoms with Gasteiger partial charge in [-0.1, -0.05) is 24.3 Å². The molecule has 6 nitrogen and oxygen atoms in total. The second kappa shape index (κ2) is 9.05. The molecular formula is C22H29NO5S. The summed E-state index contributed by atoms with van der Waals surface area (Å²) in [5.74, 6) is 2.24. The molecular weight excluding hydrogens is 390 g/mol. The molecule has 7 heteroatoms. The van der Waals surface area contributed by atoms with Crippen LogP contribution in [0.25, 0.3) is 0 Å². The van der Waals surface area contributed by atoms with Crippen molar-refractivity contribution in [1.82, 2.24) is 4.72 Å². The molecule has 0 saturated heterocycles. The Morgan fingerprint density at radius 1 is 1.17 bits per heavy atom. The molecule has 0 fully saturated rings. The summed E-state index contributed by atoms with van der Waals surface area (Å²) in [5.41, 5.74) is 1.91. The van der Waals surface area contributed by atoms with Crippen molar-refractivity contribution in [2.75, 3.05) is 26.0 Å². The molecule has 0 unspecified atom stereocenters. The van der Waals surface area contributed by atoms with Gasteiger partial charge in [0.1, 0.15) is 11.4 Å². The Morgan fingerprint density at radius 2 is 1.97 bits per heavy atom. The summed E-state index contributed by atoms with van der Waals surface area (Å²) in [5, 5.41) is 0. The molecule has 0 spiro atoms. The van der Waals surface area contributed by atoms with Crippen LogP contribution in [-0.2, 0) is 22.9 Å². The van der Waals surface area contributed by atoms with Crippen LogP contribution in [0.1, 0.15) is 31.4 Å². The smallest absolute Gasteiger partial charge is 0.211 e. The van der Waals surface area contributed by atoms with Crippen LogP contribution >= 0.6 is 0 Å². The standard InChI is InChI=1S/C22H29NO5S/c1-22(2)16-18-8-5-10-20(21(18)28-22)27-13-6-14-29(24,25)23-12-11-17-7-4-9-19(15-17)26-3/h4-5,7-10,15,23H,6,11-14,16H2,1-3H3. The van der Waals surface area contributed by atoms with E-state index in [1.807, 2.05) is 56.3 Å². The zero-order chi connectivity index (χ0) is 20.9. The van der Waals surface area contributed by atoms with Gasteiger partial charge in [-0.15, -0.1) is 0 Å². The number of sulfonamides is 1. The van der Waals surface area contributed by atoms with Crippen molar-refractivity contribution in [1.29, 1.82) is 0 Å². The van der Waals surface area contributed by atoms with Gasteiger partial charge < -0.3 is 14.2 Å². The number of benzene rings is 2. The molecule has 2 aromatic rings. The normalized spacial score (nSPS) is 14.9. The van der Waals surface area contributed by atoms with E-state index in [4.69, 9.17) is 14.2 Å². The number of methoxy groups -OCH3 is 1. The van der Waals surface area contributed by atoms with Crippen LogP contribution in [0.3, 0.4) is 0 Å². The van der Waals surface area contributed by atoms with E-state index >= 15 is 0 Å². The molecule has 1 heterocycles. The maximum absolute atomic E-state index is 12.2. The van der Waals surface area contributed by atoms with Crippen LogP contribution in [0.2, 0.25) is 0 Å². The summed E-state index contributed by atoms with van der Waals surface area (Å²) in [6.07, 6.45) is 1.85. The van der Waals surface area contributed by atoms with Gasteiger partial charge in [0.05, 0.1) is 19.5 Å². The molecule has 29 heavy (non-hydrogen) atoms. The van der Waals surface area contributed by atoms with Crippen LogP contribution in [0.15, 0.2) is 42.5 Å². The highest BCUT2D eigenvalue weighted by Gasteiger charge is 2.32. The fraction of sp³-hybridized carbons (Fsp3) is 0.455. The topological polar surface area (TPSA) is 73.9 Å². The van der Waals surface area contributed by atoms with Gasteiger partial charge >= 0.3 is 0 Å². The van der Waals surface area contributed by atoms with Gasteiger partial charge in [0.2, 0.25) is 10.0 Å². The third kappa shape index (κ3) is 6.11. The number of rotatable bonds is 10. The van der Waals surface area contributed by atoms with E-state index in [1.54, 1.807) is 7.11 Å². The van der Waals surface area contributed by atoms with E-state index in [0.29, 0.717) is 31.7 Å². The molecule has 3 rings (SSSR count). The van der Waals surface area contributed by atoms with Crippen LogP contribution in [-0.4, -0.2) is 40.0 Å². The lowest BCUT2D eigenvalue weighted by atomic mass is 10.0. The Labute approximate surface area is 173 Å². The first-order chi connectivity index (χ1) is 13.8. The third-order valence-corrected chi connectivity index (χ3v) is 6.21. The van der Waals surface area contributed by atoms with E-state index in [1.165, 1.54) is 0 Å². The largest absolute Gasteiger partial charge is 0.497 e. The summed E-state index contributed by atoms with van der Waals surface area (Å²) >= 11 is 0. The van der Waals surface area contributed by atoms with Gasteiger partial charge in [-0.25, -0.2) is 13.1 Å². The first kappa shape index (κ1) is 21.5. The van der Waals surface area contributed by atoms with E-state index in [0.717, 1.165) is 29.0 Å². The van der Waals surface area contributed by atoms with Crippen molar-refractivity contribution >= 4 is 10.0 Å². The minimum atomic E-state index is -3.34. The zero-order valence-corrected chi connectivity index (χ0v) is 18.1. The quantitative estimate of drug-likeness (QED) is 0.598. The summed E-state index contributed by atoms with van der Waals surface area (Å²) in [7, 11) is -1.73. The summed E-state index contributed by atoms with van der Waals surface area (Å²) in [4.78, 5) is 0. The predicted molar refractivity (Wildman–Crippen MR) is 113 cm³/mol. The second-order valence-corrected chi connectivity index (χ2v) is 9.73. The number of ether oxygens (including phenoxy) is 3. The van der Waals surface area contributed by atoms with Crippen molar-refractivity contribution in [3.8, 4) is 17.2 Å². The Balaban J connectivity index is 1.42. The summed E-state index contributed by atoms with van der Waals surface area (Å²) in [6.45, 7) is 4.75. The van der Waals surface area contributed by atoms with Crippen LogP contribution in [0.4, 0.5) is 0 Å². The number of hydrogen-bond acceptors (Lipinski definition) is 5. The molecule has 158 valence electrons. The average Bonchev–Trinajstić information content (AvgIpc) is 3.00. The lowest BCUT2D eigenvalue weighted by molar-refractivity contribution is 0.132. The average molecular weight is 420 g/mol. The lowest BCUT2D eigenvalue weighted by Gasteiger charge is -2.18. The number of para-hydroxylation sites is 1. The third-order valence-electron chi connectivity index (χ3n) is 4.74. The Hall–Kier alpha value is -2.25. The molecule has 1 aliphatic rings. The Morgan fingerprint density at radius 3 is 2.76 bits per heavy atom. The molecule has 0 atom stereocenters. The molecule has 0 saturated carbocycles. The van der Waals surface area contributed by atoms with Gasteiger partial charge in [0.15, 0.2) is 11.5 Å². The number of hydrogen-bond donors (Lipinski definition) is 1. The fourth-order valence-electron chi connectivity index (χ4n) is 3.38. The van der Waals surface area contributed by atoms with Crippen molar-refractivity contribution in [3.63, 3.8) is 0 Å². The molecule has 0 aromatic heterocycles. The number of fused-ring (bicyclic) bond motifs is 1. The van der Waals surface area contributed by atoms with Gasteiger partial charge in [-0.05, 0) is 50.5 Å². The van der Waals surface area contributed by atoms with Crippen LogP contribution in [0.5, 0.6) is 17.2 Å². The highest BCUT2D eigenvalue weighted by molar-refractivity contribution is 7.89. The molecule has 1 N–H and O–H groups in total. The first-order valence-corrected chi connectivity index (χ1v) is 11.5. The van der Waals surface area contributed by atoms with Gasteiger partial charge in [-0.2, -0.15) is 0 Å². The highest BCUT2D eigenvalue weighted by atomic mass is 32.2. The van der Waals surface area contributed by atoms with Gasteiger partial charge in [0, 0.05) is 18.5 Å². The van der Waals surface area contributed by atoms with Crippen molar-refractivity contribution in [2.45, 2.75) is 38.7 Å². The Bertz CT molecular complexity index is 940. The molecule has 0 bridgehead atoms. The van der Waals surface area contributed by atoms with Crippen molar-refractivity contribution in [2.24, 2.45) is 0 Å². The fourth-order valence-corrected chi connectivity index (χ4v) is 4.44. The SMILES string of the molecule is COc1cccc(CCNS(=O)(=O)CCCOc2cccc3c2OC(C)(C)C3)c1. The molecule has 0 amide bonds. The highest BCUT2D eigenvalue weighted by Crippen LogP contribution is 2.41. The van der Waals surface area contributed by atoms with Crippen molar-refractivity contribution < 1.29 is 22.6 Å². The van der Waals surface area contributed by atoms with Gasteiger partial charge in [-0.3, -0.25) is 0 Å². The monoisotopic (exact) mass is 419 g/mol. The van der Waals surface area contributed by atoms with Crippen LogP contribution < -0.4 is 18.9 Å². The molecule has 1 aliphatic heterocycles. The van der Waals surface area contributed by atoms with E-state index in [-0.39, 0.29) is 11.4 Å². The molecule has 2 aromatic carbocycles. The number of nitrogens with one attached hydrogen (secondary N) is 1. The van der Waals surface area contributed by atoms with Gasteiger partial charge in [0.25, 0.3) is 0 Å². The Kier molecular flexibility index (Phi) is 6.70. The van der Waals surface area contributed by atoms with Crippen molar-refractivity contribution in [3.05, 3.63) is 53.6 Å². The molecule has 0 aliphatic carbocycles. The predicted octanol–water partition coefficient (Wildman–Crippen LogP) is 3.34. The maximum Gasteiger partial charge on any atom is 0.211 e. The zero-order valence-electron chi connectivity index (χ0n) is 17.2. The minimum Gasteiger partial charge on any atom is -0.497 e. The maximum atomic E-state index is 12.2. The lowest BCUT2D eigenvalue weighted by Crippen LogP contribution is -2.29. The van der Waals surface area contributed by atoms with E-state index in [2.05, 4.69) is 4.72 Å². The van der Waals surface area contributed by atoms with E-state index < -0.39 is 10.0 Å². The van der Waals surface area contributed by atoms with Crippen LogP contribution in [0, 0.1) is 0 Å².